The molecule has 0 aliphatic heterocycles. The van der Waals surface area contributed by atoms with Crippen molar-refractivity contribution < 1.29 is 17.8 Å². The maximum Gasteiger partial charge on any atom is 0.230 e. The number of benzene rings is 2. The second-order valence-electron chi connectivity index (χ2n) is 4.52. The zero-order valence-electron chi connectivity index (χ0n) is 11.0. The van der Waals surface area contributed by atoms with E-state index in [-0.39, 0.29) is 11.5 Å². The third-order valence-corrected chi connectivity index (χ3v) is 4.07. The summed E-state index contributed by atoms with van der Waals surface area (Å²) in [5, 5.41) is 0. The van der Waals surface area contributed by atoms with Gasteiger partial charge in [0.15, 0.2) is 11.6 Å². The van der Waals surface area contributed by atoms with Crippen LogP contribution < -0.4 is 5.73 Å². The summed E-state index contributed by atoms with van der Waals surface area (Å²) in [7, 11) is -1.38. The van der Waals surface area contributed by atoms with Gasteiger partial charge < -0.3 is 5.73 Å². The van der Waals surface area contributed by atoms with Crippen LogP contribution in [0.2, 0.25) is 0 Å². The van der Waals surface area contributed by atoms with Gasteiger partial charge in [-0.1, -0.05) is 30.3 Å². The summed E-state index contributed by atoms with van der Waals surface area (Å²) in [5.74, 6) is -2.46. The molecule has 21 heavy (non-hydrogen) atoms. The standard InChI is InChI=1S/C15H13F2NO2S/c16-13-5-4-12(7-14(13)17)11-3-1-2-10(6-11)8-21(20)9-15(18)19/h1-7H,8-9H2,(H2,18,19)/t21-/m0/s1. The first-order chi connectivity index (χ1) is 9.95. The van der Waals surface area contributed by atoms with E-state index in [1.165, 1.54) is 6.07 Å². The van der Waals surface area contributed by atoms with E-state index < -0.39 is 28.3 Å². The van der Waals surface area contributed by atoms with Gasteiger partial charge in [-0.05, 0) is 28.8 Å². The molecule has 2 N–H and O–H groups in total. The van der Waals surface area contributed by atoms with Gasteiger partial charge in [0.2, 0.25) is 5.91 Å². The molecule has 2 aromatic carbocycles. The number of carbonyl (C=O) groups is 1. The Balaban J connectivity index is 2.23. The average Bonchev–Trinajstić information content (AvgIpc) is 2.41. The molecular weight excluding hydrogens is 296 g/mol. The molecule has 0 saturated carbocycles. The molecule has 0 radical (unpaired) electrons. The average molecular weight is 309 g/mol. The zero-order chi connectivity index (χ0) is 15.4. The molecule has 0 bridgehead atoms. The zero-order valence-corrected chi connectivity index (χ0v) is 11.8. The molecule has 110 valence electrons. The molecule has 0 fully saturated rings. The van der Waals surface area contributed by atoms with Crippen LogP contribution in [0.3, 0.4) is 0 Å². The Labute approximate surface area is 123 Å². The highest BCUT2D eigenvalue weighted by atomic mass is 32.2. The van der Waals surface area contributed by atoms with E-state index in [0.717, 1.165) is 17.7 Å². The Hall–Kier alpha value is -2.08. The van der Waals surface area contributed by atoms with Gasteiger partial charge in [-0.25, -0.2) is 8.78 Å². The summed E-state index contributed by atoms with van der Waals surface area (Å²) >= 11 is 0. The van der Waals surface area contributed by atoms with Crippen LogP contribution in [-0.2, 0) is 21.3 Å². The summed E-state index contributed by atoms with van der Waals surface area (Å²) in [6.45, 7) is 0. The summed E-state index contributed by atoms with van der Waals surface area (Å²) in [6.07, 6.45) is 0. The first kappa shape index (κ1) is 15.3. The van der Waals surface area contributed by atoms with Gasteiger partial charge in [-0.15, -0.1) is 0 Å². The minimum absolute atomic E-state index is 0.181. The third-order valence-electron chi connectivity index (χ3n) is 2.81. The van der Waals surface area contributed by atoms with Crippen LogP contribution in [0.1, 0.15) is 5.56 Å². The lowest BCUT2D eigenvalue weighted by atomic mass is 10.0. The van der Waals surface area contributed by atoms with Crippen molar-refractivity contribution >= 4 is 16.7 Å². The highest BCUT2D eigenvalue weighted by Crippen LogP contribution is 2.23. The number of halogens is 2. The minimum atomic E-state index is -1.38. The predicted octanol–water partition coefficient (Wildman–Crippen LogP) is 2.37. The van der Waals surface area contributed by atoms with E-state index in [0.29, 0.717) is 11.1 Å². The molecule has 1 atom stereocenters. The fourth-order valence-corrected chi connectivity index (χ4v) is 2.88. The molecule has 0 spiro atoms. The van der Waals surface area contributed by atoms with Crippen LogP contribution in [0.15, 0.2) is 42.5 Å². The molecule has 0 saturated heterocycles. The third kappa shape index (κ3) is 4.19. The maximum absolute atomic E-state index is 13.2. The monoisotopic (exact) mass is 309 g/mol. The van der Waals surface area contributed by atoms with Gasteiger partial charge in [0.1, 0.15) is 5.75 Å². The van der Waals surface area contributed by atoms with Crippen LogP contribution >= 0.6 is 0 Å². The SMILES string of the molecule is NC(=O)C[S@@](=O)Cc1cccc(-c2ccc(F)c(F)c2)c1. The molecule has 0 aromatic heterocycles. The van der Waals surface area contributed by atoms with Gasteiger partial charge in [-0.2, -0.15) is 0 Å². The van der Waals surface area contributed by atoms with E-state index in [9.17, 15) is 17.8 Å². The Morgan fingerprint density at radius 2 is 1.76 bits per heavy atom. The van der Waals surface area contributed by atoms with Crippen molar-refractivity contribution in [2.24, 2.45) is 5.73 Å². The second-order valence-corrected chi connectivity index (χ2v) is 5.98. The smallest absolute Gasteiger partial charge is 0.230 e. The van der Waals surface area contributed by atoms with Gasteiger partial charge in [0.25, 0.3) is 0 Å². The fraction of sp³-hybridized carbons (Fsp3) is 0.133. The number of nitrogens with two attached hydrogens (primary N) is 1. The van der Waals surface area contributed by atoms with Crippen molar-refractivity contribution in [2.45, 2.75) is 5.75 Å². The van der Waals surface area contributed by atoms with E-state index in [2.05, 4.69) is 0 Å². The summed E-state index contributed by atoms with van der Waals surface area (Å²) in [4.78, 5) is 10.7. The van der Waals surface area contributed by atoms with Crippen LogP contribution in [0, 0.1) is 11.6 Å². The van der Waals surface area contributed by atoms with Crippen molar-refractivity contribution in [3.63, 3.8) is 0 Å². The van der Waals surface area contributed by atoms with E-state index in [1.807, 2.05) is 0 Å². The molecule has 0 heterocycles. The highest BCUT2D eigenvalue weighted by Gasteiger charge is 2.08. The van der Waals surface area contributed by atoms with E-state index in [4.69, 9.17) is 5.73 Å². The Morgan fingerprint density at radius 3 is 2.43 bits per heavy atom. The molecule has 0 unspecified atom stereocenters. The number of carbonyl (C=O) groups excluding carboxylic acids is 1. The van der Waals surface area contributed by atoms with Crippen LogP contribution in [-0.4, -0.2) is 15.9 Å². The van der Waals surface area contributed by atoms with Crippen molar-refractivity contribution in [1.82, 2.24) is 0 Å². The molecule has 0 aliphatic rings. The van der Waals surface area contributed by atoms with Crippen LogP contribution in [0.25, 0.3) is 11.1 Å². The number of amides is 1. The van der Waals surface area contributed by atoms with E-state index >= 15 is 0 Å². The predicted molar refractivity (Wildman–Crippen MR) is 77.7 cm³/mol. The Bertz CT molecular complexity index is 704. The quantitative estimate of drug-likeness (QED) is 0.921. The molecule has 3 nitrogen and oxygen atoms in total. The lowest BCUT2D eigenvalue weighted by Gasteiger charge is -2.06. The second kappa shape index (κ2) is 6.58. The molecule has 2 aromatic rings. The molecule has 0 aliphatic carbocycles. The van der Waals surface area contributed by atoms with Crippen molar-refractivity contribution in [2.75, 3.05) is 5.75 Å². The number of hydrogen-bond acceptors (Lipinski definition) is 2. The van der Waals surface area contributed by atoms with Crippen molar-refractivity contribution in [3.8, 4) is 11.1 Å². The Kier molecular flexibility index (Phi) is 4.80. The summed E-state index contributed by atoms with van der Waals surface area (Å²) in [6, 6.07) is 10.6. The van der Waals surface area contributed by atoms with Crippen LogP contribution in [0.5, 0.6) is 0 Å². The number of rotatable bonds is 5. The minimum Gasteiger partial charge on any atom is -0.369 e. The van der Waals surface area contributed by atoms with Crippen molar-refractivity contribution in [1.29, 1.82) is 0 Å². The van der Waals surface area contributed by atoms with Gasteiger partial charge in [0, 0.05) is 16.6 Å². The molecule has 6 heteroatoms. The molecular formula is C15H13F2NO2S. The summed E-state index contributed by atoms with van der Waals surface area (Å²) < 4.78 is 37.8. The lowest BCUT2D eigenvalue weighted by Crippen LogP contribution is -2.20. The normalized spacial score (nSPS) is 12.1. The highest BCUT2D eigenvalue weighted by molar-refractivity contribution is 7.84. The lowest BCUT2D eigenvalue weighted by molar-refractivity contribution is -0.115. The molecule has 1 amide bonds. The number of primary amides is 1. The van der Waals surface area contributed by atoms with Gasteiger partial charge in [0.05, 0.1) is 0 Å². The topological polar surface area (TPSA) is 60.2 Å². The van der Waals surface area contributed by atoms with Gasteiger partial charge in [-0.3, -0.25) is 9.00 Å². The first-order valence-corrected chi connectivity index (χ1v) is 7.62. The van der Waals surface area contributed by atoms with Gasteiger partial charge >= 0.3 is 0 Å². The largest absolute Gasteiger partial charge is 0.369 e. The Morgan fingerprint density at radius 1 is 1.05 bits per heavy atom. The first-order valence-electron chi connectivity index (χ1n) is 6.13. The van der Waals surface area contributed by atoms with Crippen molar-refractivity contribution in [3.05, 3.63) is 59.7 Å². The molecule has 2 rings (SSSR count). The maximum atomic E-state index is 13.2. The van der Waals surface area contributed by atoms with E-state index in [1.54, 1.807) is 24.3 Å². The van der Waals surface area contributed by atoms with Crippen LogP contribution in [0.4, 0.5) is 8.78 Å². The summed E-state index contributed by atoms with van der Waals surface area (Å²) in [5.41, 5.74) is 6.93. The fourth-order valence-electron chi connectivity index (χ4n) is 1.91. The number of hydrogen-bond donors (Lipinski definition) is 1.